The van der Waals surface area contributed by atoms with Gasteiger partial charge in [0.2, 0.25) is 17.7 Å². The Balaban J connectivity index is 1.82. The van der Waals surface area contributed by atoms with Gasteiger partial charge in [0.1, 0.15) is 5.92 Å². The Hall–Kier alpha value is -3.05. The van der Waals surface area contributed by atoms with Crippen LogP contribution in [0.3, 0.4) is 0 Å². The lowest BCUT2D eigenvalue weighted by molar-refractivity contribution is -0.142. The highest BCUT2D eigenvalue weighted by Crippen LogP contribution is 2.36. The highest BCUT2D eigenvalue weighted by atomic mass is 19.4. The molecule has 2 amide bonds. The molecule has 0 radical (unpaired) electrons. The van der Waals surface area contributed by atoms with Gasteiger partial charge in [-0.1, -0.05) is 17.3 Å². The normalized spacial score (nSPS) is 20.2. The van der Waals surface area contributed by atoms with Crippen molar-refractivity contribution in [3.63, 3.8) is 0 Å². The number of carbonyl (C=O) groups is 2. The average Bonchev–Trinajstić information content (AvgIpc) is 3.19. The van der Waals surface area contributed by atoms with E-state index in [9.17, 15) is 35.9 Å². The molecule has 2 aromatic rings. The Morgan fingerprint density at radius 1 is 1.14 bits per heavy atom. The van der Waals surface area contributed by atoms with Crippen molar-refractivity contribution in [2.75, 3.05) is 18.9 Å². The first-order chi connectivity index (χ1) is 13.4. The highest BCUT2D eigenvalue weighted by Gasteiger charge is 2.45. The van der Waals surface area contributed by atoms with Crippen LogP contribution in [0, 0.1) is 5.92 Å². The molecule has 1 fully saturated rings. The highest BCUT2D eigenvalue weighted by molar-refractivity contribution is 6.08. The molecular formula is C17H13F6N3O3. The van der Waals surface area contributed by atoms with E-state index in [4.69, 9.17) is 0 Å². The van der Waals surface area contributed by atoms with Gasteiger partial charge in [0, 0.05) is 25.6 Å². The van der Waals surface area contributed by atoms with E-state index in [-0.39, 0.29) is 6.54 Å². The third kappa shape index (κ3) is 4.20. The molecule has 0 unspecified atom stereocenters. The first-order valence-corrected chi connectivity index (χ1v) is 8.15. The minimum Gasteiger partial charge on any atom is -0.344 e. The predicted molar refractivity (Wildman–Crippen MR) is 85.4 cm³/mol. The van der Waals surface area contributed by atoms with Crippen LogP contribution in [-0.2, 0) is 21.9 Å². The fourth-order valence-corrected chi connectivity index (χ4v) is 3.08. The zero-order valence-electron chi connectivity index (χ0n) is 14.6. The summed E-state index contributed by atoms with van der Waals surface area (Å²) in [6.45, 7) is 0.0481. The summed E-state index contributed by atoms with van der Waals surface area (Å²) < 4.78 is 80.3. The summed E-state index contributed by atoms with van der Waals surface area (Å²) in [4.78, 5) is 26.1. The summed E-state index contributed by atoms with van der Waals surface area (Å²) in [6, 6.07) is 4.46. The smallest absolute Gasteiger partial charge is 0.344 e. The van der Waals surface area contributed by atoms with Gasteiger partial charge in [0.05, 0.1) is 5.56 Å². The summed E-state index contributed by atoms with van der Waals surface area (Å²) in [7, 11) is 1.41. The zero-order chi connectivity index (χ0) is 21.6. The fraction of sp³-hybridized carbons (Fsp3) is 0.353. The summed E-state index contributed by atoms with van der Waals surface area (Å²) in [5.74, 6) is -4.32. The second-order valence-electron chi connectivity index (χ2n) is 6.49. The molecule has 0 aliphatic carbocycles. The van der Waals surface area contributed by atoms with Crippen LogP contribution in [0.2, 0.25) is 0 Å². The lowest BCUT2D eigenvalue weighted by Gasteiger charge is -2.17. The van der Waals surface area contributed by atoms with Gasteiger partial charge in [-0.15, -0.1) is 0 Å². The van der Waals surface area contributed by atoms with E-state index < -0.39 is 53.1 Å². The summed E-state index contributed by atoms with van der Waals surface area (Å²) in [5.41, 5.74) is -1.94. The number of amides is 2. The Kier molecular flexibility index (Phi) is 5.05. The Morgan fingerprint density at radius 2 is 1.76 bits per heavy atom. The number of hydrogen-bond donors (Lipinski definition) is 1. The van der Waals surface area contributed by atoms with Crippen LogP contribution < -0.4 is 5.32 Å². The molecule has 6 nitrogen and oxygen atoms in total. The molecule has 1 saturated heterocycles. The topological polar surface area (TPSA) is 75.4 Å². The second-order valence-corrected chi connectivity index (χ2v) is 6.49. The lowest BCUT2D eigenvalue weighted by Crippen LogP contribution is -2.32. The summed E-state index contributed by atoms with van der Waals surface area (Å²) >= 11 is 0. The standard InChI is InChI=1S/C17H13F6N3O3/c1-26-7-10(8-2-4-9(5-3-8)16(18,19)20)13(15(26)28)14(27)24-12-6-11(25-29-12)17(21,22)23/h2-6,10,13H,7H2,1H3,(H,24,27)/t10-,13+/m0/s1. The molecule has 2 atom stereocenters. The van der Waals surface area contributed by atoms with Gasteiger partial charge >= 0.3 is 12.4 Å². The van der Waals surface area contributed by atoms with E-state index in [1.165, 1.54) is 11.9 Å². The Labute approximate surface area is 159 Å². The minimum absolute atomic E-state index is 0.0481. The third-order valence-electron chi connectivity index (χ3n) is 4.51. The number of nitrogens with zero attached hydrogens (tertiary/aromatic N) is 2. The van der Waals surface area contributed by atoms with Gasteiger partial charge in [-0.25, -0.2) is 0 Å². The van der Waals surface area contributed by atoms with Crippen LogP contribution in [0.1, 0.15) is 22.7 Å². The van der Waals surface area contributed by atoms with Crippen LogP contribution in [0.5, 0.6) is 0 Å². The van der Waals surface area contributed by atoms with Crippen molar-refractivity contribution in [3.05, 3.63) is 47.2 Å². The minimum atomic E-state index is -4.78. The number of rotatable bonds is 3. The maximum absolute atomic E-state index is 12.7. The van der Waals surface area contributed by atoms with Crippen LogP contribution in [0.15, 0.2) is 34.9 Å². The number of likely N-dealkylation sites (N-methyl/N-ethyl adjacent to an activating group) is 1. The molecule has 2 heterocycles. The molecule has 1 aromatic carbocycles. The van der Waals surface area contributed by atoms with E-state index in [1.54, 1.807) is 0 Å². The van der Waals surface area contributed by atoms with Crippen molar-refractivity contribution < 1.29 is 40.5 Å². The molecule has 1 N–H and O–H groups in total. The number of halogens is 6. The van der Waals surface area contributed by atoms with Crippen molar-refractivity contribution in [2.24, 2.45) is 5.92 Å². The zero-order valence-corrected chi connectivity index (χ0v) is 14.6. The van der Waals surface area contributed by atoms with Gasteiger partial charge in [0.25, 0.3) is 0 Å². The molecule has 0 spiro atoms. The van der Waals surface area contributed by atoms with E-state index in [0.29, 0.717) is 11.6 Å². The van der Waals surface area contributed by atoms with Crippen LogP contribution >= 0.6 is 0 Å². The Morgan fingerprint density at radius 3 is 2.28 bits per heavy atom. The van der Waals surface area contributed by atoms with Crippen molar-refractivity contribution in [1.29, 1.82) is 0 Å². The molecule has 0 bridgehead atoms. The molecule has 1 aromatic heterocycles. The molecular weight excluding hydrogens is 408 g/mol. The maximum atomic E-state index is 12.7. The predicted octanol–water partition coefficient (Wildman–Crippen LogP) is 3.52. The number of likely N-dealkylation sites (tertiary alicyclic amines) is 1. The van der Waals surface area contributed by atoms with Gasteiger partial charge in [-0.3, -0.25) is 14.9 Å². The fourth-order valence-electron chi connectivity index (χ4n) is 3.08. The average molecular weight is 421 g/mol. The summed E-state index contributed by atoms with van der Waals surface area (Å²) in [6.07, 6.45) is -9.32. The summed E-state index contributed by atoms with van der Waals surface area (Å²) in [5, 5.41) is 4.86. The van der Waals surface area contributed by atoms with Gasteiger partial charge in [-0.2, -0.15) is 26.3 Å². The quantitative estimate of drug-likeness (QED) is 0.608. The van der Waals surface area contributed by atoms with Crippen LogP contribution in [-0.4, -0.2) is 35.5 Å². The SMILES string of the molecule is CN1C[C@@H](c2ccc(C(F)(F)F)cc2)[C@H](C(=O)Nc2cc(C(F)(F)F)no2)C1=O. The van der Waals surface area contributed by atoms with E-state index >= 15 is 0 Å². The van der Waals surface area contributed by atoms with Crippen molar-refractivity contribution in [3.8, 4) is 0 Å². The molecule has 0 saturated carbocycles. The van der Waals surface area contributed by atoms with E-state index in [0.717, 1.165) is 24.3 Å². The number of nitrogens with one attached hydrogen (secondary N) is 1. The van der Waals surface area contributed by atoms with E-state index in [2.05, 4.69) is 15.0 Å². The first kappa shape index (κ1) is 20.7. The lowest BCUT2D eigenvalue weighted by atomic mass is 9.87. The number of carbonyl (C=O) groups excluding carboxylic acids is 2. The third-order valence-corrected chi connectivity index (χ3v) is 4.51. The maximum Gasteiger partial charge on any atom is 0.436 e. The van der Waals surface area contributed by atoms with Gasteiger partial charge < -0.3 is 9.42 Å². The molecule has 156 valence electrons. The number of hydrogen-bond acceptors (Lipinski definition) is 4. The molecule has 3 rings (SSSR count). The van der Waals surface area contributed by atoms with Crippen molar-refractivity contribution in [1.82, 2.24) is 10.1 Å². The van der Waals surface area contributed by atoms with Crippen molar-refractivity contribution >= 4 is 17.7 Å². The van der Waals surface area contributed by atoms with Crippen molar-refractivity contribution in [2.45, 2.75) is 18.3 Å². The number of anilines is 1. The monoisotopic (exact) mass is 421 g/mol. The number of benzene rings is 1. The molecule has 12 heteroatoms. The van der Waals surface area contributed by atoms with Gasteiger partial charge in [-0.05, 0) is 17.7 Å². The second kappa shape index (κ2) is 7.08. The van der Waals surface area contributed by atoms with Crippen LogP contribution in [0.25, 0.3) is 0 Å². The molecule has 29 heavy (non-hydrogen) atoms. The Bertz CT molecular complexity index is 920. The largest absolute Gasteiger partial charge is 0.436 e. The first-order valence-electron chi connectivity index (χ1n) is 8.15. The molecule has 1 aliphatic rings. The van der Waals surface area contributed by atoms with Crippen LogP contribution in [0.4, 0.5) is 32.2 Å². The van der Waals surface area contributed by atoms with E-state index in [1.807, 2.05) is 0 Å². The van der Waals surface area contributed by atoms with Gasteiger partial charge in [0.15, 0.2) is 5.69 Å². The number of aromatic nitrogens is 1. The number of alkyl halides is 6. The molecule has 1 aliphatic heterocycles.